The van der Waals surface area contributed by atoms with E-state index in [4.69, 9.17) is 19.9 Å². The van der Waals surface area contributed by atoms with E-state index < -0.39 is 0 Å². The number of anilines is 1. The largest absolute Gasteiger partial charge is 0.496 e. The molecule has 0 unspecified atom stereocenters. The summed E-state index contributed by atoms with van der Waals surface area (Å²) >= 11 is 0. The second-order valence-corrected chi connectivity index (χ2v) is 7.52. The van der Waals surface area contributed by atoms with Crippen LogP contribution in [0.3, 0.4) is 0 Å². The zero-order valence-electron chi connectivity index (χ0n) is 18.5. The lowest BCUT2D eigenvalue weighted by Gasteiger charge is -2.34. The third-order valence-corrected chi connectivity index (χ3v) is 5.64. The first kappa shape index (κ1) is 21.6. The predicted molar refractivity (Wildman–Crippen MR) is 121 cm³/mol. The molecule has 1 saturated heterocycles. The Kier molecular flexibility index (Phi) is 6.27. The Bertz CT molecular complexity index is 1130. The molecule has 2 heterocycles. The van der Waals surface area contributed by atoms with Gasteiger partial charge in [-0.3, -0.25) is 9.69 Å². The Balaban J connectivity index is 1.44. The van der Waals surface area contributed by atoms with Gasteiger partial charge in [-0.05, 0) is 12.1 Å². The van der Waals surface area contributed by atoms with Crippen LogP contribution in [0.2, 0.25) is 0 Å². The first-order valence-electron chi connectivity index (χ1n) is 10.4. The minimum absolute atomic E-state index is 0.103. The molecule has 0 radical (unpaired) electrons. The van der Waals surface area contributed by atoms with Crippen LogP contribution in [0, 0.1) is 0 Å². The number of amides is 1. The normalized spacial score (nSPS) is 14.4. The van der Waals surface area contributed by atoms with Gasteiger partial charge >= 0.3 is 0 Å². The molecule has 9 heteroatoms. The van der Waals surface area contributed by atoms with Crippen molar-refractivity contribution in [1.82, 2.24) is 19.8 Å². The van der Waals surface area contributed by atoms with Crippen LogP contribution in [0.25, 0.3) is 10.9 Å². The molecule has 0 saturated carbocycles. The molecule has 1 aliphatic rings. The third kappa shape index (κ3) is 4.24. The summed E-state index contributed by atoms with van der Waals surface area (Å²) in [6, 6.07) is 11.0. The lowest BCUT2D eigenvalue weighted by atomic mass is 10.1. The number of nitrogens with two attached hydrogens (primary N) is 1. The first-order valence-corrected chi connectivity index (χ1v) is 10.4. The number of hydrogen-bond acceptors (Lipinski definition) is 8. The topological polar surface area (TPSA) is 103 Å². The van der Waals surface area contributed by atoms with Crippen LogP contribution in [-0.2, 0) is 6.54 Å². The van der Waals surface area contributed by atoms with Crippen molar-refractivity contribution >= 4 is 22.6 Å². The van der Waals surface area contributed by atoms with Gasteiger partial charge in [-0.15, -0.1) is 0 Å². The quantitative estimate of drug-likeness (QED) is 0.626. The first-order chi connectivity index (χ1) is 15.5. The fourth-order valence-corrected chi connectivity index (χ4v) is 3.90. The smallest absolute Gasteiger partial charge is 0.257 e. The SMILES string of the molecule is COc1cc(OC)c(C(=O)N2CCN(Cc3nc(N)c4ccccc4n3)CC2)cc1OC. The fraction of sp³-hybridized carbons (Fsp3) is 0.348. The summed E-state index contributed by atoms with van der Waals surface area (Å²) < 4.78 is 16.1. The Morgan fingerprint density at radius 1 is 0.938 bits per heavy atom. The summed E-state index contributed by atoms with van der Waals surface area (Å²) in [5.74, 6) is 2.52. The van der Waals surface area contributed by atoms with Gasteiger partial charge in [0.25, 0.3) is 5.91 Å². The van der Waals surface area contributed by atoms with Gasteiger partial charge in [-0.25, -0.2) is 9.97 Å². The molecule has 4 rings (SSSR count). The van der Waals surface area contributed by atoms with Gasteiger partial charge in [0.1, 0.15) is 17.4 Å². The van der Waals surface area contributed by atoms with E-state index in [0.717, 1.165) is 10.9 Å². The average molecular weight is 438 g/mol. The van der Waals surface area contributed by atoms with Gasteiger partial charge < -0.3 is 24.8 Å². The number of fused-ring (bicyclic) bond motifs is 1. The summed E-state index contributed by atoms with van der Waals surface area (Å²) in [6.45, 7) is 3.16. The lowest BCUT2D eigenvalue weighted by molar-refractivity contribution is 0.0622. The molecular weight excluding hydrogens is 410 g/mol. The van der Waals surface area contributed by atoms with Crippen molar-refractivity contribution in [2.45, 2.75) is 6.54 Å². The van der Waals surface area contributed by atoms with Crippen LogP contribution in [0.1, 0.15) is 16.2 Å². The van der Waals surface area contributed by atoms with Crippen LogP contribution in [0.5, 0.6) is 17.2 Å². The molecule has 2 N–H and O–H groups in total. The van der Waals surface area contributed by atoms with E-state index in [1.165, 1.54) is 7.11 Å². The van der Waals surface area contributed by atoms with Crippen molar-refractivity contribution in [2.24, 2.45) is 0 Å². The number of ether oxygens (including phenoxy) is 3. The minimum Gasteiger partial charge on any atom is -0.496 e. The van der Waals surface area contributed by atoms with Crippen LogP contribution in [-0.4, -0.2) is 73.2 Å². The van der Waals surface area contributed by atoms with E-state index >= 15 is 0 Å². The Hall–Kier alpha value is -3.59. The van der Waals surface area contributed by atoms with Gasteiger partial charge in [0.15, 0.2) is 11.5 Å². The second-order valence-electron chi connectivity index (χ2n) is 7.52. The van der Waals surface area contributed by atoms with E-state index in [0.29, 0.717) is 67.2 Å². The summed E-state index contributed by atoms with van der Waals surface area (Å²) in [4.78, 5) is 26.3. The van der Waals surface area contributed by atoms with Gasteiger partial charge in [0.05, 0.1) is 39.0 Å². The maximum Gasteiger partial charge on any atom is 0.257 e. The van der Waals surface area contributed by atoms with E-state index in [1.54, 1.807) is 26.4 Å². The summed E-state index contributed by atoms with van der Waals surface area (Å²) in [7, 11) is 4.62. The Morgan fingerprint density at radius 2 is 1.59 bits per heavy atom. The highest BCUT2D eigenvalue weighted by atomic mass is 16.5. The number of aromatic nitrogens is 2. The molecule has 1 aliphatic heterocycles. The summed E-state index contributed by atoms with van der Waals surface area (Å²) in [6.07, 6.45) is 0. The minimum atomic E-state index is -0.103. The van der Waals surface area contributed by atoms with E-state index in [2.05, 4.69) is 14.9 Å². The second kappa shape index (κ2) is 9.27. The molecule has 1 amide bonds. The predicted octanol–water partition coefficient (Wildman–Crippen LogP) is 2.20. The number of para-hydroxylation sites is 1. The molecule has 0 aliphatic carbocycles. The molecule has 168 valence electrons. The van der Waals surface area contributed by atoms with Gasteiger partial charge in [0.2, 0.25) is 0 Å². The lowest BCUT2D eigenvalue weighted by Crippen LogP contribution is -2.48. The van der Waals surface area contributed by atoms with E-state index in [1.807, 2.05) is 29.2 Å². The van der Waals surface area contributed by atoms with Crippen LogP contribution >= 0.6 is 0 Å². The molecule has 3 aromatic rings. The Labute approximate surface area is 186 Å². The number of methoxy groups -OCH3 is 3. The van der Waals surface area contributed by atoms with Crippen LogP contribution in [0.4, 0.5) is 5.82 Å². The zero-order valence-corrected chi connectivity index (χ0v) is 18.5. The number of nitrogen functional groups attached to an aromatic ring is 1. The molecule has 32 heavy (non-hydrogen) atoms. The number of hydrogen-bond donors (Lipinski definition) is 1. The fourth-order valence-electron chi connectivity index (χ4n) is 3.90. The number of rotatable bonds is 6. The summed E-state index contributed by atoms with van der Waals surface area (Å²) in [5, 5.41) is 0.857. The summed E-state index contributed by atoms with van der Waals surface area (Å²) in [5.41, 5.74) is 7.39. The molecule has 9 nitrogen and oxygen atoms in total. The van der Waals surface area contributed by atoms with Crippen molar-refractivity contribution in [1.29, 1.82) is 0 Å². The van der Waals surface area contributed by atoms with Crippen molar-refractivity contribution in [2.75, 3.05) is 53.2 Å². The monoisotopic (exact) mass is 437 g/mol. The number of carbonyl (C=O) groups is 1. The highest BCUT2D eigenvalue weighted by Gasteiger charge is 2.26. The number of piperazine rings is 1. The van der Waals surface area contributed by atoms with Crippen LogP contribution < -0.4 is 19.9 Å². The Morgan fingerprint density at radius 3 is 2.28 bits per heavy atom. The zero-order chi connectivity index (χ0) is 22.7. The van der Waals surface area contributed by atoms with Crippen molar-refractivity contribution < 1.29 is 19.0 Å². The van der Waals surface area contributed by atoms with Gasteiger partial charge in [-0.1, -0.05) is 12.1 Å². The highest BCUT2D eigenvalue weighted by Crippen LogP contribution is 2.35. The maximum absolute atomic E-state index is 13.2. The van der Waals surface area contributed by atoms with E-state index in [-0.39, 0.29) is 5.91 Å². The average Bonchev–Trinajstić information content (AvgIpc) is 2.83. The molecule has 2 aromatic carbocycles. The highest BCUT2D eigenvalue weighted by molar-refractivity contribution is 5.98. The molecule has 0 bridgehead atoms. The number of nitrogens with zero attached hydrogens (tertiary/aromatic N) is 4. The number of benzene rings is 2. The maximum atomic E-state index is 13.2. The molecule has 1 aromatic heterocycles. The number of carbonyl (C=O) groups excluding carboxylic acids is 1. The molecular formula is C23H27N5O4. The van der Waals surface area contributed by atoms with Gasteiger partial charge in [0, 0.05) is 43.7 Å². The van der Waals surface area contributed by atoms with Crippen molar-refractivity contribution in [3.63, 3.8) is 0 Å². The van der Waals surface area contributed by atoms with E-state index in [9.17, 15) is 4.79 Å². The third-order valence-electron chi connectivity index (χ3n) is 5.64. The molecule has 1 fully saturated rings. The van der Waals surface area contributed by atoms with Crippen molar-refractivity contribution in [3.05, 3.63) is 47.8 Å². The van der Waals surface area contributed by atoms with Crippen molar-refractivity contribution in [3.8, 4) is 17.2 Å². The standard InChI is InChI=1S/C23H27N5O4/c1-30-18-13-20(32-3)19(31-2)12-16(18)23(29)28-10-8-27(9-11-28)14-21-25-17-7-5-4-6-15(17)22(24)26-21/h4-7,12-13H,8-11,14H2,1-3H3,(H2,24,25,26). The molecule has 0 spiro atoms. The van der Waals surface area contributed by atoms with Gasteiger partial charge in [-0.2, -0.15) is 0 Å². The molecule has 0 atom stereocenters. The van der Waals surface area contributed by atoms with Crippen LogP contribution in [0.15, 0.2) is 36.4 Å².